The van der Waals surface area contributed by atoms with E-state index in [0.29, 0.717) is 21.4 Å². The molecule has 110 valence electrons. The van der Waals surface area contributed by atoms with Crippen molar-refractivity contribution in [1.82, 2.24) is 9.55 Å². The molecule has 0 atom stereocenters. The number of imidazole rings is 1. The average Bonchev–Trinajstić information content (AvgIpc) is 2.96. The van der Waals surface area contributed by atoms with Crippen LogP contribution in [0.5, 0.6) is 0 Å². The molecule has 0 aliphatic carbocycles. The number of para-hydroxylation sites is 1. The number of nitrogens with zero attached hydrogens (tertiary/aromatic N) is 2. The summed E-state index contributed by atoms with van der Waals surface area (Å²) >= 11 is 12.0. The summed E-state index contributed by atoms with van der Waals surface area (Å²) in [6, 6.07) is 11.9. The van der Waals surface area contributed by atoms with Gasteiger partial charge in [-0.05, 0) is 30.3 Å². The van der Waals surface area contributed by atoms with Crippen molar-refractivity contribution < 1.29 is 9.90 Å². The van der Waals surface area contributed by atoms with Crippen LogP contribution in [0.2, 0.25) is 10.0 Å². The lowest BCUT2D eigenvalue weighted by Crippen LogP contribution is -2.03. The second-order valence-electron chi connectivity index (χ2n) is 4.65. The Morgan fingerprint density at radius 2 is 1.77 bits per heavy atom. The van der Waals surface area contributed by atoms with E-state index in [1.165, 1.54) is 0 Å². The van der Waals surface area contributed by atoms with E-state index >= 15 is 0 Å². The van der Waals surface area contributed by atoms with Crippen LogP contribution in [0.3, 0.4) is 0 Å². The zero-order chi connectivity index (χ0) is 15.7. The monoisotopic (exact) mass is 332 g/mol. The molecule has 0 spiro atoms. The van der Waals surface area contributed by atoms with Crippen molar-refractivity contribution in [2.75, 3.05) is 0 Å². The highest BCUT2D eigenvalue weighted by Crippen LogP contribution is 2.27. The van der Waals surface area contributed by atoms with E-state index in [2.05, 4.69) is 4.98 Å². The number of rotatable bonds is 3. The lowest BCUT2D eigenvalue weighted by molar-refractivity contribution is 0.0697. The predicted octanol–water partition coefficient (Wildman–Crippen LogP) is 4.54. The number of carbonyl (C=O) groups is 1. The van der Waals surface area contributed by atoms with Crippen LogP contribution in [0, 0.1) is 0 Å². The van der Waals surface area contributed by atoms with Crippen LogP contribution in [0.1, 0.15) is 10.4 Å². The molecule has 2 aromatic carbocycles. The lowest BCUT2D eigenvalue weighted by Gasteiger charge is -2.05. The van der Waals surface area contributed by atoms with Crippen molar-refractivity contribution in [1.29, 1.82) is 0 Å². The van der Waals surface area contributed by atoms with E-state index in [4.69, 9.17) is 23.2 Å². The zero-order valence-corrected chi connectivity index (χ0v) is 12.7. The molecule has 0 saturated heterocycles. The first-order chi connectivity index (χ1) is 10.5. The third-order valence-electron chi connectivity index (χ3n) is 3.15. The van der Waals surface area contributed by atoms with E-state index in [-0.39, 0.29) is 5.56 Å². The third kappa shape index (κ3) is 2.84. The van der Waals surface area contributed by atoms with Gasteiger partial charge in [0.2, 0.25) is 0 Å². The Hall–Kier alpha value is -2.30. The first kappa shape index (κ1) is 14.6. The molecule has 0 aliphatic rings. The average molecular weight is 333 g/mol. The molecule has 0 radical (unpaired) electrons. The fourth-order valence-corrected chi connectivity index (χ4v) is 2.71. The van der Waals surface area contributed by atoms with Crippen LogP contribution in [0.4, 0.5) is 0 Å². The van der Waals surface area contributed by atoms with Crippen molar-refractivity contribution in [2.24, 2.45) is 0 Å². The molecule has 0 aliphatic heterocycles. The molecule has 0 amide bonds. The minimum absolute atomic E-state index is 0.204. The summed E-state index contributed by atoms with van der Waals surface area (Å²) in [5, 5.41) is 10.3. The minimum Gasteiger partial charge on any atom is -0.478 e. The molecule has 1 N–H and O–H groups in total. The molecule has 0 unspecified atom stereocenters. The fourth-order valence-electron chi connectivity index (χ4n) is 2.18. The fraction of sp³-hybridized carbons (Fsp3) is 0. The van der Waals surface area contributed by atoms with Gasteiger partial charge >= 0.3 is 5.97 Å². The second-order valence-corrected chi connectivity index (χ2v) is 5.52. The molecule has 0 bridgehead atoms. The summed E-state index contributed by atoms with van der Waals surface area (Å²) in [6.07, 6.45) is 3.30. The molecule has 22 heavy (non-hydrogen) atoms. The van der Waals surface area contributed by atoms with Crippen LogP contribution in [-0.2, 0) is 0 Å². The topological polar surface area (TPSA) is 55.1 Å². The highest BCUT2D eigenvalue weighted by molar-refractivity contribution is 6.35. The standard InChI is InChI=1S/C16H10Cl2N2O2/c17-11-5-10(6-12(18)7-11)14-8-20(9-19-14)15-4-2-1-3-13(15)16(21)22/h1-9H,(H,21,22). The molecule has 1 heterocycles. The van der Waals surface area contributed by atoms with Gasteiger partial charge < -0.3 is 9.67 Å². The van der Waals surface area contributed by atoms with E-state index in [1.54, 1.807) is 59.6 Å². The van der Waals surface area contributed by atoms with Gasteiger partial charge in [-0.2, -0.15) is 0 Å². The Morgan fingerprint density at radius 1 is 1.09 bits per heavy atom. The molecule has 4 nitrogen and oxygen atoms in total. The molecule has 0 saturated carbocycles. The Bertz CT molecular complexity index is 839. The van der Waals surface area contributed by atoms with Gasteiger partial charge in [-0.15, -0.1) is 0 Å². The number of hydrogen-bond donors (Lipinski definition) is 1. The predicted molar refractivity (Wildman–Crippen MR) is 86.0 cm³/mol. The lowest BCUT2D eigenvalue weighted by atomic mass is 10.1. The molecule has 6 heteroatoms. The molecule has 1 aromatic heterocycles. The summed E-state index contributed by atoms with van der Waals surface area (Å²) < 4.78 is 1.66. The number of aromatic carboxylic acids is 1. The largest absolute Gasteiger partial charge is 0.478 e. The van der Waals surface area contributed by atoms with Crippen molar-refractivity contribution >= 4 is 29.2 Å². The Morgan fingerprint density at radius 3 is 2.45 bits per heavy atom. The Kier molecular flexibility index (Phi) is 3.88. The van der Waals surface area contributed by atoms with Gasteiger partial charge in [0.05, 0.1) is 23.3 Å². The zero-order valence-electron chi connectivity index (χ0n) is 11.2. The van der Waals surface area contributed by atoms with Crippen LogP contribution in [0.25, 0.3) is 16.9 Å². The maximum Gasteiger partial charge on any atom is 0.337 e. The van der Waals surface area contributed by atoms with Crippen molar-refractivity contribution in [3.8, 4) is 16.9 Å². The van der Waals surface area contributed by atoms with Gasteiger partial charge in [0.1, 0.15) is 0 Å². The first-order valence-electron chi connectivity index (χ1n) is 6.38. The maximum absolute atomic E-state index is 11.3. The number of carboxylic acid groups (broad SMARTS) is 1. The first-order valence-corrected chi connectivity index (χ1v) is 7.13. The van der Waals surface area contributed by atoms with E-state index < -0.39 is 5.97 Å². The highest BCUT2D eigenvalue weighted by Gasteiger charge is 2.12. The summed E-state index contributed by atoms with van der Waals surface area (Å²) in [5.74, 6) is -0.989. The third-order valence-corrected chi connectivity index (χ3v) is 3.59. The Labute approximate surface area is 136 Å². The maximum atomic E-state index is 11.3. The van der Waals surface area contributed by atoms with Crippen LogP contribution in [-0.4, -0.2) is 20.6 Å². The summed E-state index contributed by atoms with van der Waals surface area (Å²) in [5.41, 5.74) is 2.17. The van der Waals surface area contributed by atoms with Crippen molar-refractivity contribution in [3.05, 3.63) is 70.6 Å². The summed E-state index contributed by atoms with van der Waals surface area (Å²) in [6.45, 7) is 0. The van der Waals surface area contributed by atoms with E-state index in [9.17, 15) is 9.90 Å². The van der Waals surface area contributed by atoms with Gasteiger partial charge in [-0.3, -0.25) is 0 Å². The summed E-state index contributed by atoms with van der Waals surface area (Å²) in [7, 11) is 0. The van der Waals surface area contributed by atoms with E-state index in [1.807, 2.05) is 0 Å². The van der Waals surface area contributed by atoms with Gasteiger partial charge in [-0.1, -0.05) is 35.3 Å². The number of aromatic nitrogens is 2. The number of hydrogen-bond acceptors (Lipinski definition) is 2. The minimum atomic E-state index is -0.989. The second kappa shape index (κ2) is 5.83. The molecular weight excluding hydrogens is 323 g/mol. The summed E-state index contributed by atoms with van der Waals surface area (Å²) in [4.78, 5) is 15.6. The van der Waals surface area contributed by atoms with E-state index in [0.717, 1.165) is 5.56 Å². The van der Waals surface area contributed by atoms with Crippen LogP contribution in [0.15, 0.2) is 55.0 Å². The number of carboxylic acids is 1. The van der Waals surface area contributed by atoms with Crippen LogP contribution < -0.4 is 0 Å². The number of halogens is 2. The molecular formula is C16H10Cl2N2O2. The Balaban J connectivity index is 2.06. The van der Waals surface area contributed by atoms with Crippen molar-refractivity contribution in [3.63, 3.8) is 0 Å². The number of benzene rings is 2. The van der Waals surface area contributed by atoms with Gasteiger partial charge in [0.25, 0.3) is 0 Å². The molecule has 3 aromatic rings. The smallest absolute Gasteiger partial charge is 0.337 e. The van der Waals surface area contributed by atoms with Gasteiger partial charge in [-0.25, -0.2) is 9.78 Å². The van der Waals surface area contributed by atoms with Crippen LogP contribution >= 0.6 is 23.2 Å². The molecule has 3 rings (SSSR count). The van der Waals surface area contributed by atoms with Gasteiger partial charge in [0.15, 0.2) is 0 Å². The quantitative estimate of drug-likeness (QED) is 0.765. The highest BCUT2D eigenvalue weighted by atomic mass is 35.5. The van der Waals surface area contributed by atoms with Crippen molar-refractivity contribution in [2.45, 2.75) is 0 Å². The normalized spacial score (nSPS) is 10.6. The molecule has 0 fully saturated rings. The van der Waals surface area contributed by atoms with Gasteiger partial charge in [0, 0.05) is 21.8 Å². The SMILES string of the molecule is O=C(O)c1ccccc1-n1cnc(-c2cc(Cl)cc(Cl)c2)c1.